The van der Waals surface area contributed by atoms with Crippen molar-refractivity contribution in [1.29, 1.82) is 0 Å². The topological polar surface area (TPSA) is 20.2 Å². The first kappa shape index (κ1) is 21.5. The van der Waals surface area contributed by atoms with Crippen molar-refractivity contribution in [2.45, 2.75) is 79.0 Å². The van der Waals surface area contributed by atoms with Crippen LogP contribution in [0.25, 0.3) is 0 Å². The van der Waals surface area contributed by atoms with Crippen LogP contribution >= 0.6 is 11.6 Å². The summed E-state index contributed by atoms with van der Waals surface area (Å²) < 4.78 is 5.96. The van der Waals surface area contributed by atoms with Crippen molar-refractivity contribution < 1.29 is 5.11 Å². The molecule has 0 heterocycles. The van der Waals surface area contributed by atoms with Gasteiger partial charge in [-0.15, -0.1) is 0 Å². The fraction of sp³-hybridized carbons (Fsp3) is 0.778. The molecule has 3 heteroatoms. The van der Waals surface area contributed by atoms with E-state index < -0.39 is 18.4 Å². The third-order valence-corrected chi connectivity index (χ3v) is 20.9. The van der Waals surface area contributed by atoms with E-state index in [0.717, 1.165) is 6.42 Å². The van der Waals surface area contributed by atoms with E-state index in [2.05, 4.69) is 26.8 Å². The summed E-state index contributed by atoms with van der Waals surface area (Å²) in [4.78, 5) is 0. The summed E-state index contributed by atoms with van der Waals surface area (Å²) >= 11 is 3.41. The normalized spacial score (nSPS) is 13.3. The van der Waals surface area contributed by atoms with Crippen LogP contribution in [0, 0.1) is 0 Å². The van der Waals surface area contributed by atoms with Crippen molar-refractivity contribution in [3.05, 3.63) is 21.3 Å². The number of hydrogen-bond donors (Lipinski definition) is 1. The van der Waals surface area contributed by atoms with Gasteiger partial charge in [-0.05, 0) is 0 Å². The zero-order valence-electron chi connectivity index (χ0n) is 14.3. The molecule has 0 atom stereocenters. The molecule has 0 saturated heterocycles. The van der Waals surface area contributed by atoms with Crippen LogP contribution in [0.3, 0.4) is 0 Å². The van der Waals surface area contributed by atoms with Gasteiger partial charge in [0.05, 0.1) is 0 Å². The number of allylic oxidation sites excluding steroid dienone is 2. The van der Waals surface area contributed by atoms with Crippen molar-refractivity contribution in [2.75, 3.05) is 6.61 Å². The molecule has 0 aromatic carbocycles. The number of halogens is 1. The van der Waals surface area contributed by atoms with Crippen LogP contribution in [0.5, 0.6) is 0 Å². The average molecular weight is 422 g/mol. The number of aliphatic hydroxyl groups excluding tert-OH is 1. The first-order chi connectivity index (χ1) is 10.2. The molecule has 0 unspecified atom stereocenters. The molecular formula is C18H35ClOSn. The van der Waals surface area contributed by atoms with E-state index in [-0.39, 0.29) is 6.61 Å². The molecule has 0 bridgehead atoms. The summed E-state index contributed by atoms with van der Waals surface area (Å²) in [7, 11) is 0. The Bertz CT molecular complexity index is 278. The van der Waals surface area contributed by atoms with Crippen LogP contribution in [-0.4, -0.2) is 30.1 Å². The van der Waals surface area contributed by atoms with Gasteiger partial charge in [0.1, 0.15) is 0 Å². The second kappa shape index (κ2) is 14.1. The van der Waals surface area contributed by atoms with Gasteiger partial charge in [0.25, 0.3) is 0 Å². The second-order valence-corrected chi connectivity index (χ2v) is 19.7. The maximum atomic E-state index is 9.51. The minimum atomic E-state index is -2.34. The van der Waals surface area contributed by atoms with Crippen molar-refractivity contribution in [1.82, 2.24) is 0 Å². The summed E-state index contributed by atoms with van der Waals surface area (Å²) in [5.41, 5.74) is 1.60. The molecule has 1 nitrogen and oxygen atoms in total. The van der Waals surface area contributed by atoms with Gasteiger partial charge in [0, 0.05) is 0 Å². The SMILES string of the molecule is CCC[CH2][Sn]([CH2]CCC)([CH2]CCC)/[C](=C/C=C\Cl)CCO. The van der Waals surface area contributed by atoms with Crippen molar-refractivity contribution >= 4 is 30.0 Å². The fourth-order valence-electron chi connectivity index (χ4n) is 3.20. The first-order valence-electron chi connectivity index (χ1n) is 8.78. The van der Waals surface area contributed by atoms with Crippen LogP contribution in [0.15, 0.2) is 21.3 Å². The zero-order chi connectivity index (χ0) is 16.0. The summed E-state index contributed by atoms with van der Waals surface area (Å²) in [6.45, 7) is 7.17. The maximum absolute atomic E-state index is 9.51. The molecule has 124 valence electrons. The first-order valence-corrected chi connectivity index (χ1v) is 16.7. The van der Waals surface area contributed by atoms with Gasteiger partial charge < -0.3 is 0 Å². The molecule has 0 amide bonds. The molecule has 0 aromatic rings. The van der Waals surface area contributed by atoms with E-state index in [9.17, 15) is 5.11 Å². The Morgan fingerprint density at radius 2 is 1.43 bits per heavy atom. The monoisotopic (exact) mass is 422 g/mol. The summed E-state index contributed by atoms with van der Waals surface area (Å²) in [5, 5.41) is 9.51. The zero-order valence-corrected chi connectivity index (χ0v) is 17.9. The number of aliphatic hydroxyl groups is 1. The molecule has 0 rings (SSSR count). The summed E-state index contributed by atoms with van der Waals surface area (Å²) in [5.74, 6) is 0. The van der Waals surface area contributed by atoms with Gasteiger partial charge in [-0.25, -0.2) is 0 Å². The Kier molecular flexibility index (Phi) is 14.5. The molecular weight excluding hydrogens is 386 g/mol. The third-order valence-electron chi connectivity index (χ3n) is 4.46. The van der Waals surface area contributed by atoms with Crippen LogP contribution in [0.4, 0.5) is 0 Å². The van der Waals surface area contributed by atoms with E-state index in [1.807, 2.05) is 6.08 Å². The predicted molar refractivity (Wildman–Crippen MR) is 99.7 cm³/mol. The van der Waals surface area contributed by atoms with E-state index in [0.29, 0.717) is 0 Å². The second-order valence-electron chi connectivity index (χ2n) is 6.07. The van der Waals surface area contributed by atoms with Gasteiger partial charge >= 0.3 is 142 Å². The van der Waals surface area contributed by atoms with Crippen molar-refractivity contribution in [3.63, 3.8) is 0 Å². The molecule has 0 fully saturated rings. The van der Waals surface area contributed by atoms with Crippen molar-refractivity contribution in [3.8, 4) is 0 Å². The number of unbranched alkanes of at least 4 members (excludes halogenated alkanes) is 3. The van der Waals surface area contributed by atoms with Crippen LogP contribution < -0.4 is 0 Å². The van der Waals surface area contributed by atoms with Gasteiger partial charge in [0.15, 0.2) is 0 Å². The van der Waals surface area contributed by atoms with E-state index >= 15 is 0 Å². The van der Waals surface area contributed by atoms with E-state index in [4.69, 9.17) is 11.6 Å². The Morgan fingerprint density at radius 3 is 1.76 bits per heavy atom. The number of rotatable bonds is 13. The summed E-state index contributed by atoms with van der Waals surface area (Å²) in [6.07, 6.45) is 13.0. The quantitative estimate of drug-likeness (QED) is 0.268. The predicted octanol–water partition coefficient (Wildman–Crippen LogP) is 6.44. The van der Waals surface area contributed by atoms with Gasteiger partial charge in [-0.3, -0.25) is 0 Å². The molecule has 0 radical (unpaired) electrons. The molecule has 0 aliphatic carbocycles. The Morgan fingerprint density at radius 1 is 0.952 bits per heavy atom. The van der Waals surface area contributed by atoms with Gasteiger partial charge in [-0.1, -0.05) is 0 Å². The fourth-order valence-corrected chi connectivity index (χ4v) is 20.1. The molecule has 1 N–H and O–H groups in total. The van der Waals surface area contributed by atoms with Crippen molar-refractivity contribution in [2.24, 2.45) is 0 Å². The van der Waals surface area contributed by atoms with Crippen LogP contribution in [0.2, 0.25) is 13.3 Å². The molecule has 0 saturated carbocycles. The minimum absolute atomic E-state index is 0.283. The Hall–Kier alpha value is 0.529. The van der Waals surface area contributed by atoms with E-state index in [1.54, 1.807) is 9.12 Å². The average Bonchev–Trinajstić information content (AvgIpc) is 2.51. The van der Waals surface area contributed by atoms with Crippen LogP contribution in [-0.2, 0) is 0 Å². The Labute approximate surface area is 141 Å². The molecule has 0 aromatic heterocycles. The molecule has 0 spiro atoms. The number of hydrogen-bond acceptors (Lipinski definition) is 1. The molecule has 21 heavy (non-hydrogen) atoms. The van der Waals surface area contributed by atoms with Crippen LogP contribution in [0.1, 0.15) is 65.7 Å². The third kappa shape index (κ3) is 8.66. The Balaban J connectivity index is 5.39. The van der Waals surface area contributed by atoms with E-state index in [1.165, 1.54) is 51.8 Å². The van der Waals surface area contributed by atoms with Gasteiger partial charge in [0.2, 0.25) is 0 Å². The standard InChI is InChI=1S/C6H8ClO.3C4H9.Sn/c7-5-3-1-2-4-6-8;3*1-3-4-2;/h1,3,5,8H,4,6H2;3*1,3-4H2,2H3;/b2-1?,5-3-;;;;. The summed E-state index contributed by atoms with van der Waals surface area (Å²) in [6, 6.07) is 0. The molecule has 0 aliphatic rings. The van der Waals surface area contributed by atoms with Gasteiger partial charge in [-0.2, -0.15) is 0 Å². The molecule has 0 aliphatic heterocycles.